The minimum atomic E-state index is -2.99. The van der Waals surface area contributed by atoms with Gasteiger partial charge in [-0.05, 0) is 38.5 Å². The van der Waals surface area contributed by atoms with Crippen LogP contribution in [-0.2, 0) is 14.8 Å². The SMILES string of the molecule is CCS(=O)(=O)N1CCC(NCC2CCCOC2)CC1. The predicted molar refractivity (Wildman–Crippen MR) is 75.6 cm³/mol. The van der Waals surface area contributed by atoms with Gasteiger partial charge < -0.3 is 10.1 Å². The summed E-state index contributed by atoms with van der Waals surface area (Å²) < 4.78 is 30.6. The molecule has 1 N–H and O–H groups in total. The average Bonchev–Trinajstić information content (AvgIpc) is 2.47. The van der Waals surface area contributed by atoms with Crippen LogP contribution in [-0.4, -0.2) is 57.4 Å². The van der Waals surface area contributed by atoms with Gasteiger partial charge in [0.2, 0.25) is 10.0 Å². The van der Waals surface area contributed by atoms with Crippen LogP contribution in [0.4, 0.5) is 0 Å². The lowest BCUT2D eigenvalue weighted by atomic mass is 10.0. The van der Waals surface area contributed by atoms with Gasteiger partial charge in [-0.25, -0.2) is 12.7 Å². The van der Waals surface area contributed by atoms with Crippen molar-refractivity contribution in [3.63, 3.8) is 0 Å². The predicted octanol–water partition coefficient (Wildman–Crippen LogP) is 0.817. The Hall–Kier alpha value is -0.170. The van der Waals surface area contributed by atoms with Gasteiger partial charge in [-0.2, -0.15) is 0 Å². The molecule has 0 bridgehead atoms. The Kier molecular flexibility index (Phi) is 5.62. The number of ether oxygens (including phenoxy) is 1. The Morgan fingerprint density at radius 1 is 1.26 bits per heavy atom. The van der Waals surface area contributed by atoms with E-state index < -0.39 is 10.0 Å². The van der Waals surface area contributed by atoms with Gasteiger partial charge in [0.15, 0.2) is 0 Å². The maximum Gasteiger partial charge on any atom is 0.213 e. The second-order valence-corrected chi connectivity index (χ2v) is 7.82. The summed E-state index contributed by atoms with van der Waals surface area (Å²) in [6.45, 7) is 5.82. The van der Waals surface area contributed by atoms with Gasteiger partial charge in [-0.3, -0.25) is 0 Å². The fourth-order valence-corrected chi connectivity index (χ4v) is 3.95. The minimum absolute atomic E-state index is 0.213. The van der Waals surface area contributed by atoms with Gasteiger partial charge in [0.25, 0.3) is 0 Å². The number of piperidine rings is 1. The molecule has 0 aromatic carbocycles. The fourth-order valence-electron chi connectivity index (χ4n) is 2.82. The third-order valence-corrected chi connectivity index (χ3v) is 6.04. The number of nitrogens with one attached hydrogen (secondary N) is 1. The van der Waals surface area contributed by atoms with E-state index in [1.165, 1.54) is 12.8 Å². The van der Waals surface area contributed by atoms with E-state index in [0.717, 1.165) is 32.6 Å². The molecule has 0 radical (unpaired) electrons. The highest BCUT2D eigenvalue weighted by molar-refractivity contribution is 7.89. The molecule has 19 heavy (non-hydrogen) atoms. The summed E-state index contributed by atoms with van der Waals surface area (Å²) in [5.74, 6) is 0.844. The van der Waals surface area contributed by atoms with Gasteiger partial charge in [0.05, 0.1) is 12.4 Å². The lowest BCUT2D eigenvalue weighted by molar-refractivity contribution is 0.0531. The standard InChI is InChI=1S/C13H26N2O3S/c1-2-19(16,17)15-7-5-13(6-8-15)14-10-12-4-3-9-18-11-12/h12-14H,2-11H2,1H3. The van der Waals surface area contributed by atoms with Crippen molar-refractivity contribution in [2.75, 3.05) is 38.6 Å². The minimum Gasteiger partial charge on any atom is -0.381 e. The van der Waals surface area contributed by atoms with Crippen molar-refractivity contribution in [3.8, 4) is 0 Å². The Morgan fingerprint density at radius 3 is 2.58 bits per heavy atom. The van der Waals surface area contributed by atoms with E-state index >= 15 is 0 Å². The van der Waals surface area contributed by atoms with Gasteiger partial charge in [0, 0.05) is 32.3 Å². The topological polar surface area (TPSA) is 58.6 Å². The van der Waals surface area contributed by atoms with E-state index in [1.54, 1.807) is 11.2 Å². The molecule has 2 fully saturated rings. The number of hydrogen-bond donors (Lipinski definition) is 1. The lowest BCUT2D eigenvalue weighted by Crippen LogP contribution is -2.46. The molecule has 0 spiro atoms. The van der Waals surface area contributed by atoms with Crippen molar-refractivity contribution in [2.45, 2.75) is 38.6 Å². The quantitative estimate of drug-likeness (QED) is 0.814. The highest BCUT2D eigenvalue weighted by atomic mass is 32.2. The molecule has 112 valence electrons. The van der Waals surface area contributed by atoms with Crippen molar-refractivity contribution in [1.29, 1.82) is 0 Å². The average molecular weight is 290 g/mol. The summed E-state index contributed by atoms with van der Waals surface area (Å²) in [4.78, 5) is 0. The first-order valence-electron chi connectivity index (χ1n) is 7.40. The van der Waals surface area contributed by atoms with E-state index in [4.69, 9.17) is 4.74 Å². The molecule has 1 atom stereocenters. The van der Waals surface area contributed by atoms with Crippen molar-refractivity contribution in [2.24, 2.45) is 5.92 Å². The summed E-state index contributed by atoms with van der Waals surface area (Å²) in [5.41, 5.74) is 0. The van der Waals surface area contributed by atoms with Crippen LogP contribution in [0.2, 0.25) is 0 Å². The first kappa shape index (κ1) is 15.2. The molecule has 0 amide bonds. The summed E-state index contributed by atoms with van der Waals surface area (Å²) >= 11 is 0. The molecule has 5 nitrogen and oxygen atoms in total. The summed E-state index contributed by atoms with van der Waals surface area (Å²) in [6, 6.07) is 0.463. The largest absolute Gasteiger partial charge is 0.381 e. The van der Waals surface area contributed by atoms with Crippen LogP contribution in [0.1, 0.15) is 32.6 Å². The van der Waals surface area contributed by atoms with Gasteiger partial charge in [0.1, 0.15) is 0 Å². The van der Waals surface area contributed by atoms with Crippen molar-refractivity contribution >= 4 is 10.0 Å². The first-order valence-corrected chi connectivity index (χ1v) is 9.01. The van der Waals surface area contributed by atoms with Gasteiger partial charge in [-0.15, -0.1) is 0 Å². The Balaban J connectivity index is 1.68. The molecule has 0 aromatic rings. The molecular formula is C13H26N2O3S. The molecule has 0 aliphatic carbocycles. The molecule has 2 heterocycles. The monoisotopic (exact) mass is 290 g/mol. The first-order chi connectivity index (χ1) is 9.12. The molecular weight excluding hydrogens is 264 g/mol. The highest BCUT2D eigenvalue weighted by Gasteiger charge is 2.26. The normalized spacial score (nSPS) is 27.5. The second-order valence-electron chi connectivity index (χ2n) is 5.57. The van der Waals surface area contributed by atoms with E-state index in [0.29, 0.717) is 25.0 Å². The Labute approximate surface area is 116 Å². The summed E-state index contributed by atoms with van der Waals surface area (Å²) in [7, 11) is -2.99. The highest BCUT2D eigenvalue weighted by Crippen LogP contribution is 2.16. The molecule has 6 heteroatoms. The number of rotatable bonds is 5. The summed E-state index contributed by atoms with van der Waals surface area (Å²) in [6.07, 6.45) is 4.26. The van der Waals surface area contributed by atoms with Crippen LogP contribution in [0.25, 0.3) is 0 Å². The van der Waals surface area contributed by atoms with Gasteiger partial charge >= 0.3 is 0 Å². The number of nitrogens with zero attached hydrogens (tertiary/aromatic N) is 1. The Morgan fingerprint density at radius 2 is 2.00 bits per heavy atom. The smallest absolute Gasteiger partial charge is 0.213 e. The molecule has 2 rings (SSSR count). The zero-order valence-electron chi connectivity index (χ0n) is 11.8. The number of hydrogen-bond acceptors (Lipinski definition) is 4. The molecule has 2 aliphatic heterocycles. The van der Waals surface area contributed by atoms with E-state index in [2.05, 4.69) is 5.32 Å². The van der Waals surface area contributed by atoms with E-state index in [9.17, 15) is 8.42 Å². The Bertz CT molecular complexity index is 358. The van der Waals surface area contributed by atoms with E-state index in [1.807, 2.05) is 0 Å². The summed E-state index contributed by atoms with van der Waals surface area (Å²) in [5, 5.41) is 3.58. The molecule has 2 saturated heterocycles. The van der Waals surface area contributed by atoms with Crippen LogP contribution < -0.4 is 5.32 Å². The van der Waals surface area contributed by atoms with Crippen LogP contribution in [0.15, 0.2) is 0 Å². The third kappa shape index (κ3) is 4.41. The van der Waals surface area contributed by atoms with Crippen LogP contribution in [0.5, 0.6) is 0 Å². The van der Waals surface area contributed by atoms with Crippen LogP contribution in [0.3, 0.4) is 0 Å². The van der Waals surface area contributed by atoms with E-state index in [-0.39, 0.29) is 5.75 Å². The zero-order valence-corrected chi connectivity index (χ0v) is 12.6. The zero-order chi connectivity index (χ0) is 13.7. The maximum atomic E-state index is 11.8. The van der Waals surface area contributed by atoms with Crippen molar-refractivity contribution in [3.05, 3.63) is 0 Å². The molecule has 0 aromatic heterocycles. The maximum absolute atomic E-state index is 11.8. The molecule has 0 saturated carbocycles. The fraction of sp³-hybridized carbons (Fsp3) is 1.00. The number of sulfonamides is 1. The van der Waals surface area contributed by atoms with Gasteiger partial charge in [-0.1, -0.05) is 0 Å². The molecule has 1 unspecified atom stereocenters. The third-order valence-electron chi connectivity index (χ3n) is 4.16. The second kappa shape index (κ2) is 7.02. The molecule has 2 aliphatic rings. The van der Waals surface area contributed by atoms with Crippen LogP contribution >= 0.6 is 0 Å². The lowest BCUT2D eigenvalue weighted by Gasteiger charge is -2.32. The van der Waals surface area contributed by atoms with Crippen molar-refractivity contribution < 1.29 is 13.2 Å². The van der Waals surface area contributed by atoms with Crippen molar-refractivity contribution in [1.82, 2.24) is 9.62 Å². The van der Waals surface area contributed by atoms with Crippen LogP contribution in [0, 0.1) is 5.92 Å².